The molecule has 2 saturated carbocycles. The maximum atomic E-state index is 4.04. The Bertz CT molecular complexity index is 260. The average molecular weight is 265 g/mol. The minimum Gasteiger partial charge on any atom is -0.311 e. The molecule has 0 aliphatic heterocycles. The second-order valence-corrected chi connectivity index (χ2v) is 7.74. The SMILES string of the molecule is CCC1CCC(NC2CCCC(CC(C)C)C2)C1C. The van der Waals surface area contributed by atoms with E-state index in [1.54, 1.807) is 0 Å². The first-order chi connectivity index (χ1) is 9.10. The summed E-state index contributed by atoms with van der Waals surface area (Å²) in [6.45, 7) is 9.60. The van der Waals surface area contributed by atoms with Crippen molar-refractivity contribution in [2.45, 2.75) is 91.1 Å². The lowest BCUT2D eigenvalue weighted by molar-refractivity contribution is 0.223. The van der Waals surface area contributed by atoms with Crippen LogP contribution in [-0.2, 0) is 0 Å². The average Bonchev–Trinajstić information content (AvgIpc) is 2.70. The molecule has 1 N–H and O–H groups in total. The molecule has 5 atom stereocenters. The Morgan fingerprint density at radius 2 is 1.89 bits per heavy atom. The Hall–Kier alpha value is -0.0400. The zero-order valence-electron chi connectivity index (χ0n) is 13.6. The van der Waals surface area contributed by atoms with Gasteiger partial charge in [0.15, 0.2) is 0 Å². The smallest absolute Gasteiger partial charge is 0.00980 e. The molecule has 2 aliphatic rings. The third-order valence-corrected chi connectivity index (χ3v) is 5.79. The number of nitrogens with one attached hydrogen (secondary N) is 1. The Labute approximate surface area is 120 Å². The topological polar surface area (TPSA) is 12.0 Å². The zero-order chi connectivity index (χ0) is 13.8. The van der Waals surface area contributed by atoms with E-state index in [-0.39, 0.29) is 0 Å². The Morgan fingerprint density at radius 1 is 1.11 bits per heavy atom. The number of hydrogen-bond acceptors (Lipinski definition) is 1. The van der Waals surface area contributed by atoms with Crippen molar-refractivity contribution in [2.24, 2.45) is 23.7 Å². The third kappa shape index (κ3) is 4.21. The van der Waals surface area contributed by atoms with Gasteiger partial charge in [-0.15, -0.1) is 0 Å². The van der Waals surface area contributed by atoms with E-state index in [1.165, 1.54) is 51.4 Å². The standard InChI is InChI=1S/C18H35N/c1-5-16-9-10-18(14(16)4)19-17-8-6-7-15(12-17)11-13(2)3/h13-19H,5-12H2,1-4H3. The molecule has 1 nitrogen and oxygen atoms in total. The van der Waals surface area contributed by atoms with Gasteiger partial charge in [-0.3, -0.25) is 0 Å². The highest BCUT2D eigenvalue weighted by molar-refractivity contribution is 4.90. The van der Waals surface area contributed by atoms with Gasteiger partial charge in [0, 0.05) is 12.1 Å². The molecule has 1 heteroatoms. The molecule has 2 fully saturated rings. The minimum absolute atomic E-state index is 0.813. The van der Waals surface area contributed by atoms with Gasteiger partial charge in [-0.1, -0.05) is 47.0 Å². The minimum atomic E-state index is 0.813. The van der Waals surface area contributed by atoms with Gasteiger partial charge in [0.2, 0.25) is 0 Å². The number of rotatable bonds is 5. The summed E-state index contributed by atoms with van der Waals surface area (Å²) in [7, 11) is 0. The molecule has 0 aromatic heterocycles. The van der Waals surface area contributed by atoms with Crippen molar-refractivity contribution in [3.05, 3.63) is 0 Å². The molecule has 0 spiro atoms. The van der Waals surface area contributed by atoms with Crippen molar-refractivity contribution in [3.63, 3.8) is 0 Å². The molecule has 0 amide bonds. The maximum absolute atomic E-state index is 4.04. The first-order valence-corrected chi connectivity index (χ1v) is 8.86. The fourth-order valence-electron chi connectivity index (χ4n) is 4.68. The van der Waals surface area contributed by atoms with Gasteiger partial charge < -0.3 is 5.32 Å². The van der Waals surface area contributed by atoms with E-state index in [2.05, 4.69) is 33.0 Å². The molecule has 0 aromatic carbocycles. The van der Waals surface area contributed by atoms with Crippen molar-refractivity contribution >= 4 is 0 Å². The molecule has 2 aliphatic carbocycles. The highest BCUT2D eigenvalue weighted by atomic mass is 15.0. The molecule has 0 aromatic rings. The van der Waals surface area contributed by atoms with Crippen LogP contribution >= 0.6 is 0 Å². The fraction of sp³-hybridized carbons (Fsp3) is 1.00. The molecule has 112 valence electrons. The van der Waals surface area contributed by atoms with E-state index in [1.807, 2.05) is 0 Å². The summed E-state index contributed by atoms with van der Waals surface area (Å²) in [5, 5.41) is 4.04. The highest BCUT2D eigenvalue weighted by Gasteiger charge is 2.33. The Balaban J connectivity index is 1.79. The predicted octanol–water partition coefficient (Wildman–Crippen LogP) is 5.01. The van der Waals surface area contributed by atoms with Gasteiger partial charge in [-0.25, -0.2) is 0 Å². The summed E-state index contributed by atoms with van der Waals surface area (Å²) in [5.74, 6) is 3.74. The Morgan fingerprint density at radius 3 is 2.53 bits per heavy atom. The van der Waals surface area contributed by atoms with Crippen LogP contribution in [0.25, 0.3) is 0 Å². The molecule has 0 saturated heterocycles. The van der Waals surface area contributed by atoms with Crippen molar-refractivity contribution in [3.8, 4) is 0 Å². The number of hydrogen-bond donors (Lipinski definition) is 1. The van der Waals surface area contributed by atoms with Gasteiger partial charge >= 0.3 is 0 Å². The van der Waals surface area contributed by atoms with Gasteiger partial charge in [0.1, 0.15) is 0 Å². The van der Waals surface area contributed by atoms with Gasteiger partial charge in [-0.05, 0) is 55.8 Å². The van der Waals surface area contributed by atoms with Crippen LogP contribution in [0.5, 0.6) is 0 Å². The van der Waals surface area contributed by atoms with Gasteiger partial charge in [0.05, 0.1) is 0 Å². The largest absolute Gasteiger partial charge is 0.311 e. The van der Waals surface area contributed by atoms with Crippen LogP contribution in [0.2, 0.25) is 0 Å². The van der Waals surface area contributed by atoms with Crippen molar-refractivity contribution in [2.75, 3.05) is 0 Å². The first-order valence-electron chi connectivity index (χ1n) is 8.86. The van der Waals surface area contributed by atoms with Crippen molar-refractivity contribution in [1.82, 2.24) is 5.32 Å². The van der Waals surface area contributed by atoms with Crippen LogP contribution < -0.4 is 5.32 Å². The van der Waals surface area contributed by atoms with Crippen LogP contribution in [0.3, 0.4) is 0 Å². The molecule has 19 heavy (non-hydrogen) atoms. The van der Waals surface area contributed by atoms with Crippen LogP contribution in [-0.4, -0.2) is 12.1 Å². The highest BCUT2D eigenvalue weighted by Crippen LogP contribution is 2.36. The van der Waals surface area contributed by atoms with E-state index in [9.17, 15) is 0 Å². The summed E-state index contributed by atoms with van der Waals surface area (Å²) in [4.78, 5) is 0. The van der Waals surface area contributed by atoms with E-state index >= 15 is 0 Å². The maximum Gasteiger partial charge on any atom is 0.00980 e. The molecule has 5 unspecified atom stereocenters. The second-order valence-electron chi connectivity index (χ2n) is 7.74. The molecular formula is C18H35N. The van der Waals surface area contributed by atoms with E-state index < -0.39 is 0 Å². The monoisotopic (exact) mass is 265 g/mol. The Kier molecular flexibility index (Phi) is 5.74. The predicted molar refractivity (Wildman–Crippen MR) is 84.3 cm³/mol. The molecular weight excluding hydrogens is 230 g/mol. The van der Waals surface area contributed by atoms with Crippen molar-refractivity contribution < 1.29 is 0 Å². The zero-order valence-corrected chi connectivity index (χ0v) is 13.6. The molecule has 0 bridgehead atoms. The molecule has 0 heterocycles. The first kappa shape index (κ1) is 15.4. The van der Waals surface area contributed by atoms with Crippen LogP contribution in [0.1, 0.15) is 79.1 Å². The van der Waals surface area contributed by atoms with Gasteiger partial charge in [-0.2, -0.15) is 0 Å². The lowest BCUT2D eigenvalue weighted by atomic mass is 9.80. The van der Waals surface area contributed by atoms with E-state index in [0.29, 0.717) is 0 Å². The van der Waals surface area contributed by atoms with Crippen LogP contribution in [0, 0.1) is 23.7 Å². The van der Waals surface area contributed by atoms with E-state index in [4.69, 9.17) is 0 Å². The van der Waals surface area contributed by atoms with Crippen molar-refractivity contribution in [1.29, 1.82) is 0 Å². The second kappa shape index (κ2) is 7.11. The lowest BCUT2D eigenvalue weighted by Gasteiger charge is -2.34. The molecule has 0 radical (unpaired) electrons. The van der Waals surface area contributed by atoms with E-state index in [0.717, 1.165) is 35.8 Å². The van der Waals surface area contributed by atoms with Crippen LogP contribution in [0.15, 0.2) is 0 Å². The lowest BCUT2D eigenvalue weighted by Crippen LogP contribution is -2.43. The fourth-order valence-corrected chi connectivity index (χ4v) is 4.68. The third-order valence-electron chi connectivity index (χ3n) is 5.79. The normalized spacial score (nSPS) is 39.9. The summed E-state index contributed by atoms with van der Waals surface area (Å²) in [5.41, 5.74) is 0. The summed E-state index contributed by atoms with van der Waals surface area (Å²) in [6, 6.07) is 1.63. The molecule has 2 rings (SSSR count). The summed E-state index contributed by atoms with van der Waals surface area (Å²) >= 11 is 0. The van der Waals surface area contributed by atoms with Gasteiger partial charge in [0.25, 0.3) is 0 Å². The summed E-state index contributed by atoms with van der Waals surface area (Å²) in [6.07, 6.45) is 11.5. The quantitative estimate of drug-likeness (QED) is 0.737. The summed E-state index contributed by atoms with van der Waals surface area (Å²) < 4.78 is 0. The van der Waals surface area contributed by atoms with Crippen LogP contribution in [0.4, 0.5) is 0 Å².